The zero-order chi connectivity index (χ0) is 17.5. The SMILES string of the molecule is CCCNC(=O)CCNC(=NCCCOCc1ccco1)NCC.I. The Balaban J connectivity index is 0.00000576. The van der Waals surface area contributed by atoms with Crippen LogP contribution in [0.5, 0.6) is 0 Å². The van der Waals surface area contributed by atoms with Crippen molar-refractivity contribution < 1.29 is 13.9 Å². The summed E-state index contributed by atoms with van der Waals surface area (Å²) in [6, 6.07) is 3.74. The molecule has 1 aromatic heterocycles. The Morgan fingerprint density at radius 1 is 1.24 bits per heavy atom. The number of ether oxygens (including phenoxy) is 1. The Kier molecular flexibility index (Phi) is 15.4. The minimum Gasteiger partial charge on any atom is -0.467 e. The largest absolute Gasteiger partial charge is 0.467 e. The molecule has 0 unspecified atom stereocenters. The van der Waals surface area contributed by atoms with E-state index in [1.165, 1.54) is 0 Å². The van der Waals surface area contributed by atoms with Crippen molar-refractivity contribution in [1.29, 1.82) is 0 Å². The topological polar surface area (TPSA) is 87.9 Å². The van der Waals surface area contributed by atoms with Crippen molar-refractivity contribution in [2.75, 3.05) is 32.8 Å². The van der Waals surface area contributed by atoms with Crippen LogP contribution in [0.1, 0.15) is 38.9 Å². The zero-order valence-electron chi connectivity index (χ0n) is 15.2. The molecule has 3 N–H and O–H groups in total. The summed E-state index contributed by atoms with van der Waals surface area (Å²) in [6.07, 6.45) is 3.86. The molecular weight excluding hydrogens is 435 g/mol. The number of amides is 1. The summed E-state index contributed by atoms with van der Waals surface area (Å²) >= 11 is 0. The smallest absolute Gasteiger partial charge is 0.221 e. The molecule has 0 saturated heterocycles. The maximum Gasteiger partial charge on any atom is 0.221 e. The van der Waals surface area contributed by atoms with Crippen molar-refractivity contribution in [2.45, 2.75) is 39.7 Å². The third-order valence-corrected chi connectivity index (χ3v) is 3.10. The predicted octanol–water partition coefficient (Wildman–Crippen LogP) is 2.28. The molecule has 1 rings (SSSR count). The van der Waals surface area contributed by atoms with Crippen LogP contribution in [-0.2, 0) is 16.1 Å². The van der Waals surface area contributed by atoms with Crippen molar-refractivity contribution in [2.24, 2.45) is 4.99 Å². The number of carbonyl (C=O) groups excluding carboxylic acids is 1. The highest BCUT2D eigenvalue weighted by atomic mass is 127. The first-order chi connectivity index (χ1) is 11.8. The Hall–Kier alpha value is -1.29. The summed E-state index contributed by atoms with van der Waals surface area (Å²) in [7, 11) is 0. The minimum absolute atomic E-state index is 0. The van der Waals surface area contributed by atoms with Crippen LogP contribution in [0.25, 0.3) is 0 Å². The van der Waals surface area contributed by atoms with Crippen LogP contribution >= 0.6 is 24.0 Å². The van der Waals surface area contributed by atoms with Gasteiger partial charge in [-0.15, -0.1) is 24.0 Å². The molecule has 0 aromatic carbocycles. The lowest BCUT2D eigenvalue weighted by molar-refractivity contribution is -0.120. The van der Waals surface area contributed by atoms with Crippen LogP contribution in [0.3, 0.4) is 0 Å². The molecule has 0 bridgehead atoms. The number of halogens is 1. The average molecular weight is 466 g/mol. The molecule has 0 aliphatic heterocycles. The van der Waals surface area contributed by atoms with Gasteiger partial charge in [-0.3, -0.25) is 9.79 Å². The number of carbonyl (C=O) groups is 1. The van der Waals surface area contributed by atoms with Crippen molar-refractivity contribution in [1.82, 2.24) is 16.0 Å². The molecule has 1 aromatic rings. The van der Waals surface area contributed by atoms with E-state index >= 15 is 0 Å². The normalized spacial score (nSPS) is 10.9. The third-order valence-electron chi connectivity index (χ3n) is 3.10. The molecule has 0 spiro atoms. The Morgan fingerprint density at radius 2 is 2.08 bits per heavy atom. The molecule has 0 saturated carbocycles. The molecule has 144 valence electrons. The fourth-order valence-electron chi connectivity index (χ4n) is 1.91. The van der Waals surface area contributed by atoms with Crippen molar-refractivity contribution >= 4 is 35.8 Å². The predicted molar refractivity (Wildman–Crippen MR) is 110 cm³/mol. The highest BCUT2D eigenvalue weighted by Crippen LogP contribution is 2.01. The van der Waals surface area contributed by atoms with Crippen molar-refractivity contribution in [3.05, 3.63) is 24.2 Å². The molecule has 0 atom stereocenters. The van der Waals surface area contributed by atoms with E-state index in [9.17, 15) is 4.79 Å². The van der Waals surface area contributed by atoms with Crippen LogP contribution in [0.2, 0.25) is 0 Å². The summed E-state index contributed by atoms with van der Waals surface area (Å²) in [4.78, 5) is 16.0. The van der Waals surface area contributed by atoms with Crippen LogP contribution in [-0.4, -0.2) is 44.7 Å². The minimum atomic E-state index is 0. The summed E-state index contributed by atoms with van der Waals surface area (Å²) in [5.41, 5.74) is 0. The lowest BCUT2D eigenvalue weighted by Crippen LogP contribution is -2.39. The van der Waals surface area contributed by atoms with Crippen LogP contribution in [0.4, 0.5) is 0 Å². The van der Waals surface area contributed by atoms with Gasteiger partial charge in [0.2, 0.25) is 5.91 Å². The monoisotopic (exact) mass is 466 g/mol. The van der Waals surface area contributed by atoms with Gasteiger partial charge >= 0.3 is 0 Å². The van der Waals surface area contributed by atoms with Gasteiger partial charge in [0.25, 0.3) is 0 Å². The maximum absolute atomic E-state index is 11.5. The van der Waals surface area contributed by atoms with Gasteiger partial charge in [0.05, 0.1) is 6.26 Å². The van der Waals surface area contributed by atoms with Crippen molar-refractivity contribution in [3.8, 4) is 0 Å². The summed E-state index contributed by atoms with van der Waals surface area (Å²) in [5.74, 6) is 1.62. The summed E-state index contributed by atoms with van der Waals surface area (Å²) < 4.78 is 10.7. The Morgan fingerprint density at radius 3 is 2.76 bits per heavy atom. The van der Waals surface area contributed by atoms with Gasteiger partial charge in [0.1, 0.15) is 12.4 Å². The van der Waals surface area contributed by atoms with Gasteiger partial charge in [0.15, 0.2) is 5.96 Å². The number of guanidine groups is 1. The lowest BCUT2D eigenvalue weighted by Gasteiger charge is -2.11. The average Bonchev–Trinajstić information content (AvgIpc) is 3.09. The molecule has 7 nitrogen and oxygen atoms in total. The number of furan rings is 1. The highest BCUT2D eigenvalue weighted by Gasteiger charge is 2.01. The second kappa shape index (κ2) is 16.2. The third kappa shape index (κ3) is 12.7. The fraction of sp³-hybridized carbons (Fsp3) is 0.647. The quantitative estimate of drug-likeness (QED) is 0.191. The second-order valence-electron chi connectivity index (χ2n) is 5.27. The van der Waals surface area contributed by atoms with E-state index in [1.807, 2.05) is 26.0 Å². The van der Waals surface area contributed by atoms with E-state index in [-0.39, 0.29) is 29.9 Å². The van der Waals surface area contributed by atoms with E-state index in [2.05, 4.69) is 20.9 Å². The van der Waals surface area contributed by atoms with Gasteiger partial charge in [-0.2, -0.15) is 0 Å². The second-order valence-corrected chi connectivity index (χ2v) is 5.27. The van der Waals surface area contributed by atoms with Gasteiger partial charge in [-0.05, 0) is 31.9 Å². The van der Waals surface area contributed by atoms with Crippen LogP contribution in [0.15, 0.2) is 27.8 Å². The Labute approximate surface area is 167 Å². The number of aliphatic imine (C=N–C) groups is 1. The molecule has 0 fully saturated rings. The number of nitrogens with zero attached hydrogens (tertiary/aromatic N) is 1. The molecule has 1 amide bonds. The first-order valence-electron chi connectivity index (χ1n) is 8.65. The van der Waals surface area contributed by atoms with E-state index in [0.29, 0.717) is 32.7 Å². The standard InChI is InChI=1S/C17H30N4O3.HI/c1-3-9-19-16(22)8-11-21-17(18-4-2)20-10-6-12-23-14-15-7-5-13-24-15;/h5,7,13H,3-4,6,8-12,14H2,1-2H3,(H,19,22)(H2,18,20,21);1H. The number of nitrogens with one attached hydrogen (secondary N) is 3. The van der Waals surface area contributed by atoms with Gasteiger partial charge in [0, 0.05) is 39.2 Å². The van der Waals surface area contributed by atoms with Crippen LogP contribution in [0, 0.1) is 0 Å². The van der Waals surface area contributed by atoms with E-state index in [0.717, 1.165) is 37.7 Å². The number of rotatable bonds is 12. The molecule has 0 aliphatic carbocycles. The number of hydrogen-bond acceptors (Lipinski definition) is 4. The maximum atomic E-state index is 11.5. The van der Waals surface area contributed by atoms with Gasteiger partial charge < -0.3 is 25.1 Å². The summed E-state index contributed by atoms with van der Waals surface area (Å²) in [6.45, 7) is 7.90. The molecule has 8 heteroatoms. The fourth-order valence-corrected chi connectivity index (χ4v) is 1.91. The lowest BCUT2D eigenvalue weighted by atomic mass is 10.4. The molecule has 1 heterocycles. The zero-order valence-corrected chi connectivity index (χ0v) is 17.5. The van der Waals surface area contributed by atoms with Crippen molar-refractivity contribution in [3.63, 3.8) is 0 Å². The van der Waals surface area contributed by atoms with Crippen LogP contribution < -0.4 is 16.0 Å². The molecule has 0 aliphatic rings. The first-order valence-corrected chi connectivity index (χ1v) is 8.65. The van der Waals surface area contributed by atoms with E-state index in [1.54, 1.807) is 6.26 Å². The Bertz CT molecular complexity index is 466. The van der Waals surface area contributed by atoms with Gasteiger partial charge in [-0.1, -0.05) is 6.92 Å². The van der Waals surface area contributed by atoms with Gasteiger partial charge in [-0.25, -0.2) is 0 Å². The highest BCUT2D eigenvalue weighted by molar-refractivity contribution is 14.0. The van der Waals surface area contributed by atoms with E-state index < -0.39 is 0 Å². The molecule has 0 radical (unpaired) electrons. The first kappa shape index (κ1) is 23.7. The number of hydrogen-bond donors (Lipinski definition) is 3. The molecular formula is C17H31IN4O3. The molecule has 25 heavy (non-hydrogen) atoms. The summed E-state index contributed by atoms with van der Waals surface area (Å²) in [5, 5.41) is 9.18. The van der Waals surface area contributed by atoms with E-state index in [4.69, 9.17) is 9.15 Å².